The Balaban J connectivity index is 0.820. The number of hydrogen-bond acceptors (Lipinski definition) is 5. The van der Waals surface area contributed by atoms with Gasteiger partial charge < -0.3 is 0 Å². The third kappa shape index (κ3) is 7.06. The maximum atomic E-state index is 5.32. The summed E-state index contributed by atoms with van der Waals surface area (Å²) < 4.78 is 0. The molecule has 1 aliphatic rings. The second kappa shape index (κ2) is 16.1. The molecular formula is C64H43N5. The number of aromatic nitrogens is 5. The molecule has 0 aliphatic heterocycles. The molecule has 5 nitrogen and oxygen atoms in total. The van der Waals surface area contributed by atoms with E-state index in [1.807, 2.05) is 18.3 Å². The van der Waals surface area contributed by atoms with Gasteiger partial charge in [-0.05, 0) is 98.6 Å². The van der Waals surface area contributed by atoms with Gasteiger partial charge in [0.15, 0.2) is 5.82 Å². The molecule has 324 valence electrons. The number of fused-ring (bicyclic) bond motifs is 7. The second-order valence-corrected chi connectivity index (χ2v) is 18.5. The maximum absolute atomic E-state index is 5.32. The van der Waals surface area contributed by atoms with E-state index in [0.717, 1.165) is 94.3 Å². The average molecular weight is 882 g/mol. The van der Waals surface area contributed by atoms with E-state index in [4.69, 9.17) is 19.9 Å². The van der Waals surface area contributed by atoms with Crippen LogP contribution in [0.4, 0.5) is 0 Å². The van der Waals surface area contributed by atoms with Crippen molar-refractivity contribution in [2.45, 2.75) is 19.3 Å². The Morgan fingerprint density at radius 3 is 1.68 bits per heavy atom. The lowest BCUT2D eigenvalue weighted by Crippen LogP contribution is -2.14. The van der Waals surface area contributed by atoms with Crippen LogP contribution in [0.25, 0.3) is 122 Å². The van der Waals surface area contributed by atoms with Crippen LogP contribution in [-0.4, -0.2) is 24.9 Å². The molecule has 0 radical (unpaired) electrons. The normalized spacial score (nSPS) is 12.6. The summed E-state index contributed by atoms with van der Waals surface area (Å²) in [6.07, 6.45) is 3.67. The lowest BCUT2D eigenvalue weighted by atomic mass is 9.81. The second-order valence-electron chi connectivity index (χ2n) is 18.5. The predicted octanol–water partition coefficient (Wildman–Crippen LogP) is 16.1. The van der Waals surface area contributed by atoms with Gasteiger partial charge in [0.1, 0.15) is 0 Å². The molecule has 0 saturated carbocycles. The number of pyridine rings is 3. The Hall–Kier alpha value is -8.93. The van der Waals surface area contributed by atoms with E-state index in [2.05, 4.69) is 219 Å². The third-order valence-electron chi connectivity index (χ3n) is 14.0. The van der Waals surface area contributed by atoms with E-state index in [0.29, 0.717) is 5.82 Å². The number of rotatable bonds is 7. The van der Waals surface area contributed by atoms with Crippen LogP contribution in [-0.2, 0) is 5.41 Å². The van der Waals surface area contributed by atoms with Crippen molar-refractivity contribution in [3.8, 4) is 89.7 Å². The minimum absolute atomic E-state index is 0.0585. The van der Waals surface area contributed by atoms with Crippen molar-refractivity contribution in [1.82, 2.24) is 24.9 Å². The maximum Gasteiger partial charge on any atom is 0.160 e. The van der Waals surface area contributed by atoms with Crippen LogP contribution in [0.1, 0.15) is 25.0 Å². The summed E-state index contributed by atoms with van der Waals surface area (Å²) in [5.41, 5.74) is 21.5. The molecule has 0 fully saturated rings. The standard InChI is InChI=1S/C64H43N5/c1-64(2)55-19-7-6-18-52(55)53-30-26-48(38-56(53)64)45-13-8-15-49(35-45)58-32-28-44-25-24-43-27-31-57(66-61(43)62(44)67-58)41-22-20-40(21-23-41)47-29-33-59-54(37-47)60(42-11-4-3-5-12-42)69-63(68-59)50-16-9-14-46(36-50)51-17-10-34-65-39-51/h3-39H,1-2H3. The van der Waals surface area contributed by atoms with Gasteiger partial charge in [0.2, 0.25) is 0 Å². The Morgan fingerprint density at radius 2 is 0.913 bits per heavy atom. The molecule has 8 aromatic carbocycles. The highest BCUT2D eigenvalue weighted by atomic mass is 14.9. The topological polar surface area (TPSA) is 64.5 Å². The van der Waals surface area contributed by atoms with E-state index in [9.17, 15) is 0 Å². The molecule has 69 heavy (non-hydrogen) atoms. The molecule has 0 spiro atoms. The van der Waals surface area contributed by atoms with Gasteiger partial charge in [-0.15, -0.1) is 0 Å². The summed E-state index contributed by atoms with van der Waals surface area (Å²) in [6.45, 7) is 4.67. The van der Waals surface area contributed by atoms with Gasteiger partial charge in [-0.25, -0.2) is 19.9 Å². The summed E-state index contributed by atoms with van der Waals surface area (Å²) in [5.74, 6) is 0.683. The monoisotopic (exact) mass is 881 g/mol. The Bertz CT molecular complexity index is 3970. The molecule has 4 heterocycles. The zero-order chi connectivity index (χ0) is 46.1. The molecule has 0 bridgehead atoms. The van der Waals surface area contributed by atoms with Crippen molar-refractivity contribution in [2.75, 3.05) is 0 Å². The van der Waals surface area contributed by atoms with E-state index >= 15 is 0 Å². The molecule has 0 N–H and O–H groups in total. The largest absolute Gasteiger partial charge is 0.264 e. The quantitative estimate of drug-likeness (QED) is 0.149. The van der Waals surface area contributed by atoms with Crippen LogP contribution in [0, 0.1) is 0 Å². The Labute approximate surface area is 400 Å². The van der Waals surface area contributed by atoms with Crippen LogP contribution in [0.15, 0.2) is 225 Å². The highest BCUT2D eigenvalue weighted by Gasteiger charge is 2.35. The molecule has 0 saturated heterocycles. The number of hydrogen-bond donors (Lipinski definition) is 0. The first-order chi connectivity index (χ1) is 33.9. The van der Waals surface area contributed by atoms with Crippen LogP contribution < -0.4 is 0 Å². The van der Waals surface area contributed by atoms with Crippen molar-refractivity contribution >= 4 is 32.7 Å². The highest BCUT2D eigenvalue weighted by Crippen LogP contribution is 2.49. The van der Waals surface area contributed by atoms with Crippen molar-refractivity contribution in [1.29, 1.82) is 0 Å². The SMILES string of the molecule is CC1(C)c2ccccc2-c2ccc(-c3cccc(-c4ccc5ccc6ccc(-c7ccc(-c8ccc9nc(-c%10cccc(-c%11cccnc%11)c%10)nc(-c%10ccccc%10)c9c8)cc7)nc6c5n4)c3)cc21. The van der Waals surface area contributed by atoms with Gasteiger partial charge in [-0.2, -0.15) is 0 Å². The van der Waals surface area contributed by atoms with E-state index in [1.54, 1.807) is 6.20 Å². The van der Waals surface area contributed by atoms with E-state index in [1.165, 1.54) is 33.4 Å². The minimum atomic E-state index is -0.0585. The van der Waals surface area contributed by atoms with Gasteiger partial charge in [0, 0.05) is 61.8 Å². The molecule has 4 aromatic heterocycles. The van der Waals surface area contributed by atoms with Crippen molar-refractivity contribution in [3.63, 3.8) is 0 Å². The zero-order valence-corrected chi connectivity index (χ0v) is 38.1. The predicted molar refractivity (Wildman–Crippen MR) is 284 cm³/mol. The van der Waals surface area contributed by atoms with Gasteiger partial charge in [0.05, 0.1) is 33.6 Å². The third-order valence-corrected chi connectivity index (χ3v) is 14.0. The van der Waals surface area contributed by atoms with Gasteiger partial charge in [-0.3, -0.25) is 4.98 Å². The molecule has 0 amide bonds. The fourth-order valence-electron chi connectivity index (χ4n) is 10.3. The Morgan fingerprint density at radius 1 is 0.348 bits per heavy atom. The summed E-state index contributed by atoms with van der Waals surface area (Å²) >= 11 is 0. The first-order valence-electron chi connectivity index (χ1n) is 23.5. The van der Waals surface area contributed by atoms with Gasteiger partial charge >= 0.3 is 0 Å². The molecule has 0 atom stereocenters. The zero-order valence-electron chi connectivity index (χ0n) is 38.1. The number of nitrogens with zero attached hydrogens (tertiary/aromatic N) is 5. The molecular weight excluding hydrogens is 839 g/mol. The van der Waals surface area contributed by atoms with Gasteiger partial charge in [0.25, 0.3) is 0 Å². The first-order valence-corrected chi connectivity index (χ1v) is 23.5. The Kier molecular flexibility index (Phi) is 9.44. The number of benzene rings is 8. The smallest absolute Gasteiger partial charge is 0.160 e. The van der Waals surface area contributed by atoms with E-state index in [-0.39, 0.29) is 5.41 Å². The summed E-state index contributed by atoms with van der Waals surface area (Å²) in [6, 6.07) is 75.3. The average Bonchev–Trinajstić information content (AvgIpc) is 3.65. The fourth-order valence-corrected chi connectivity index (χ4v) is 10.3. The molecule has 5 heteroatoms. The first kappa shape index (κ1) is 40.4. The van der Waals surface area contributed by atoms with Crippen molar-refractivity contribution in [2.24, 2.45) is 0 Å². The lowest BCUT2D eigenvalue weighted by molar-refractivity contribution is 0.660. The van der Waals surface area contributed by atoms with Crippen LogP contribution in [0.2, 0.25) is 0 Å². The molecule has 13 rings (SSSR count). The van der Waals surface area contributed by atoms with Crippen molar-refractivity contribution < 1.29 is 0 Å². The summed E-state index contributed by atoms with van der Waals surface area (Å²) in [5, 5.41) is 3.11. The highest BCUT2D eigenvalue weighted by molar-refractivity contribution is 6.04. The van der Waals surface area contributed by atoms with E-state index < -0.39 is 0 Å². The summed E-state index contributed by atoms with van der Waals surface area (Å²) in [4.78, 5) is 25.3. The van der Waals surface area contributed by atoms with Crippen LogP contribution >= 0.6 is 0 Å². The van der Waals surface area contributed by atoms with Gasteiger partial charge in [-0.1, -0.05) is 178 Å². The minimum Gasteiger partial charge on any atom is -0.264 e. The fraction of sp³-hybridized carbons (Fsp3) is 0.0469. The molecule has 0 unspecified atom stereocenters. The molecule has 12 aromatic rings. The molecule has 1 aliphatic carbocycles. The van der Waals surface area contributed by atoms with Crippen LogP contribution in [0.3, 0.4) is 0 Å². The van der Waals surface area contributed by atoms with Crippen molar-refractivity contribution in [3.05, 3.63) is 236 Å². The van der Waals surface area contributed by atoms with Crippen LogP contribution in [0.5, 0.6) is 0 Å². The lowest BCUT2D eigenvalue weighted by Gasteiger charge is -2.22. The summed E-state index contributed by atoms with van der Waals surface area (Å²) in [7, 11) is 0.